The van der Waals surface area contributed by atoms with Crippen molar-refractivity contribution < 1.29 is 19.1 Å². The highest BCUT2D eigenvalue weighted by molar-refractivity contribution is 5.96. The Hall–Kier alpha value is -2.86. The number of fused-ring (bicyclic) bond motifs is 1. The molecular formula is C19H20N2O4. The number of rotatable bonds is 5. The molecule has 1 unspecified atom stereocenters. The lowest BCUT2D eigenvalue weighted by Crippen LogP contribution is -2.28. The highest BCUT2D eigenvalue weighted by Crippen LogP contribution is 2.30. The summed E-state index contributed by atoms with van der Waals surface area (Å²) in [6.07, 6.45) is 0. The molecule has 2 N–H and O–H groups in total. The van der Waals surface area contributed by atoms with Crippen molar-refractivity contribution >= 4 is 17.5 Å². The van der Waals surface area contributed by atoms with Gasteiger partial charge in [0.2, 0.25) is 0 Å². The molecule has 1 aliphatic heterocycles. The number of carbonyl (C=O) groups excluding carboxylic acids is 2. The third-order valence-electron chi connectivity index (χ3n) is 3.98. The lowest BCUT2D eigenvalue weighted by molar-refractivity contribution is -0.118. The van der Waals surface area contributed by atoms with Crippen LogP contribution in [0.2, 0.25) is 0 Å². The van der Waals surface area contributed by atoms with Crippen molar-refractivity contribution in [3.63, 3.8) is 0 Å². The number of ether oxygens (including phenoxy) is 2. The second-order valence-corrected chi connectivity index (χ2v) is 5.92. The summed E-state index contributed by atoms with van der Waals surface area (Å²) in [7, 11) is 1.62. The Balaban J connectivity index is 1.72. The van der Waals surface area contributed by atoms with Crippen LogP contribution in [0.3, 0.4) is 0 Å². The van der Waals surface area contributed by atoms with E-state index in [0.717, 1.165) is 11.1 Å². The average molecular weight is 340 g/mol. The minimum absolute atomic E-state index is 0.0243. The molecule has 0 saturated carbocycles. The largest absolute Gasteiger partial charge is 0.482 e. The summed E-state index contributed by atoms with van der Waals surface area (Å²) < 4.78 is 10.4. The van der Waals surface area contributed by atoms with Gasteiger partial charge in [-0.2, -0.15) is 0 Å². The Bertz CT molecular complexity index is 804. The molecular weight excluding hydrogens is 320 g/mol. The molecule has 0 aliphatic carbocycles. The predicted molar refractivity (Wildman–Crippen MR) is 93.6 cm³/mol. The quantitative estimate of drug-likeness (QED) is 0.877. The van der Waals surface area contributed by atoms with E-state index in [2.05, 4.69) is 10.6 Å². The number of hydrogen-bond acceptors (Lipinski definition) is 4. The van der Waals surface area contributed by atoms with E-state index in [0.29, 0.717) is 23.6 Å². The van der Waals surface area contributed by atoms with Gasteiger partial charge in [-0.25, -0.2) is 0 Å². The summed E-state index contributed by atoms with van der Waals surface area (Å²) in [5.74, 6) is 0.286. The van der Waals surface area contributed by atoms with Crippen LogP contribution in [0.4, 0.5) is 5.69 Å². The van der Waals surface area contributed by atoms with Crippen LogP contribution in [0.15, 0.2) is 42.5 Å². The van der Waals surface area contributed by atoms with Crippen molar-refractivity contribution in [1.29, 1.82) is 0 Å². The standard InChI is InChI=1S/C19H20N2O4/c1-12(14-6-7-17-16(9-14)21-18(22)11-25-17)20-19(23)15-5-3-4-13(8-15)10-24-2/h3-9,12H,10-11H2,1-2H3,(H,20,23)(H,21,22). The van der Waals surface area contributed by atoms with E-state index >= 15 is 0 Å². The van der Waals surface area contributed by atoms with Crippen LogP contribution in [0, 0.1) is 0 Å². The zero-order valence-electron chi connectivity index (χ0n) is 14.2. The van der Waals surface area contributed by atoms with Gasteiger partial charge in [0, 0.05) is 12.7 Å². The molecule has 1 heterocycles. The number of anilines is 1. The van der Waals surface area contributed by atoms with Gasteiger partial charge < -0.3 is 20.1 Å². The van der Waals surface area contributed by atoms with E-state index in [4.69, 9.17) is 9.47 Å². The summed E-state index contributed by atoms with van der Waals surface area (Å²) in [6, 6.07) is 12.6. The van der Waals surface area contributed by atoms with E-state index < -0.39 is 0 Å². The Morgan fingerprint density at radius 1 is 1.32 bits per heavy atom. The SMILES string of the molecule is COCc1cccc(C(=O)NC(C)c2ccc3c(c2)NC(=O)CO3)c1. The number of hydrogen-bond donors (Lipinski definition) is 2. The first-order valence-electron chi connectivity index (χ1n) is 8.02. The van der Waals surface area contributed by atoms with E-state index in [1.807, 2.05) is 37.3 Å². The molecule has 2 aromatic rings. The van der Waals surface area contributed by atoms with Crippen LogP contribution in [-0.2, 0) is 16.1 Å². The second-order valence-electron chi connectivity index (χ2n) is 5.92. The maximum absolute atomic E-state index is 12.5. The first kappa shape index (κ1) is 17.0. The van der Waals surface area contributed by atoms with E-state index in [9.17, 15) is 9.59 Å². The zero-order valence-corrected chi connectivity index (χ0v) is 14.2. The lowest BCUT2D eigenvalue weighted by Gasteiger charge is -2.21. The van der Waals surface area contributed by atoms with Crippen LogP contribution in [-0.4, -0.2) is 25.5 Å². The van der Waals surface area contributed by atoms with Crippen molar-refractivity contribution in [1.82, 2.24) is 5.32 Å². The fourth-order valence-electron chi connectivity index (χ4n) is 2.70. The van der Waals surface area contributed by atoms with Crippen molar-refractivity contribution in [3.05, 3.63) is 59.2 Å². The van der Waals surface area contributed by atoms with E-state index in [1.165, 1.54) is 0 Å². The summed E-state index contributed by atoms with van der Waals surface area (Å²) in [4.78, 5) is 23.9. The molecule has 0 radical (unpaired) electrons. The first-order valence-corrected chi connectivity index (χ1v) is 8.02. The molecule has 1 aliphatic rings. The summed E-state index contributed by atoms with van der Waals surface area (Å²) in [5.41, 5.74) is 3.02. The molecule has 2 aromatic carbocycles. The molecule has 6 heteroatoms. The molecule has 25 heavy (non-hydrogen) atoms. The molecule has 0 saturated heterocycles. The molecule has 0 spiro atoms. The molecule has 1 atom stereocenters. The smallest absolute Gasteiger partial charge is 0.262 e. The normalized spacial score (nSPS) is 14.1. The zero-order chi connectivity index (χ0) is 17.8. The van der Waals surface area contributed by atoms with Gasteiger partial charge in [0.05, 0.1) is 18.3 Å². The van der Waals surface area contributed by atoms with Crippen LogP contribution in [0.5, 0.6) is 5.75 Å². The van der Waals surface area contributed by atoms with Crippen LogP contribution < -0.4 is 15.4 Å². The Morgan fingerprint density at radius 3 is 2.96 bits per heavy atom. The Morgan fingerprint density at radius 2 is 2.16 bits per heavy atom. The molecule has 0 fully saturated rings. The molecule has 130 valence electrons. The maximum Gasteiger partial charge on any atom is 0.262 e. The monoisotopic (exact) mass is 340 g/mol. The molecule has 6 nitrogen and oxygen atoms in total. The maximum atomic E-state index is 12.5. The Labute approximate surface area is 146 Å². The minimum atomic E-state index is -0.220. The van der Waals surface area contributed by atoms with Gasteiger partial charge in [-0.15, -0.1) is 0 Å². The van der Waals surface area contributed by atoms with Crippen molar-refractivity contribution in [2.24, 2.45) is 0 Å². The second kappa shape index (κ2) is 7.36. The summed E-state index contributed by atoms with van der Waals surface area (Å²) in [6.45, 7) is 2.38. The van der Waals surface area contributed by atoms with E-state index in [-0.39, 0.29) is 24.5 Å². The van der Waals surface area contributed by atoms with Gasteiger partial charge in [0.25, 0.3) is 11.8 Å². The fraction of sp³-hybridized carbons (Fsp3) is 0.263. The third-order valence-corrected chi connectivity index (χ3v) is 3.98. The molecule has 2 amide bonds. The number of amides is 2. The van der Waals surface area contributed by atoms with E-state index in [1.54, 1.807) is 19.2 Å². The van der Waals surface area contributed by atoms with Gasteiger partial charge in [0.1, 0.15) is 5.75 Å². The average Bonchev–Trinajstić information content (AvgIpc) is 2.61. The third kappa shape index (κ3) is 3.97. The van der Waals surface area contributed by atoms with Gasteiger partial charge in [-0.1, -0.05) is 18.2 Å². The van der Waals surface area contributed by atoms with Crippen LogP contribution in [0.25, 0.3) is 0 Å². The van der Waals surface area contributed by atoms with Gasteiger partial charge in [-0.3, -0.25) is 9.59 Å². The van der Waals surface area contributed by atoms with Crippen molar-refractivity contribution in [2.75, 3.05) is 19.0 Å². The molecule has 3 rings (SSSR count). The van der Waals surface area contributed by atoms with Crippen molar-refractivity contribution in [3.8, 4) is 5.75 Å². The van der Waals surface area contributed by atoms with Crippen LogP contribution in [0.1, 0.15) is 34.5 Å². The lowest BCUT2D eigenvalue weighted by atomic mass is 10.1. The first-order chi connectivity index (χ1) is 12.1. The van der Waals surface area contributed by atoms with Crippen LogP contribution >= 0.6 is 0 Å². The molecule has 0 bridgehead atoms. The highest BCUT2D eigenvalue weighted by atomic mass is 16.5. The fourth-order valence-corrected chi connectivity index (χ4v) is 2.70. The number of nitrogens with one attached hydrogen (secondary N) is 2. The predicted octanol–water partition coefficient (Wildman–Crippen LogP) is 2.65. The van der Waals surface area contributed by atoms with Gasteiger partial charge >= 0.3 is 0 Å². The highest BCUT2D eigenvalue weighted by Gasteiger charge is 2.18. The number of methoxy groups -OCH3 is 1. The topological polar surface area (TPSA) is 76.7 Å². The van der Waals surface area contributed by atoms with Crippen molar-refractivity contribution in [2.45, 2.75) is 19.6 Å². The number of benzene rings is 2. The Kier molecular flexibility index (Phi) is 5.00. The number of carbonyl (C=O) groups is 2. The minimum Gasteiger partial charge on any atom is -0.482 e. The van der Waals surface area contributed by atoms with Gasteiger partial charge in [-0.05, 0) is 42.3 Å². The van der Waals surface area contributed by atoms with Gasteiger partial charge in [0.15, 0.2) is 6.61 Å². The molecule has 0 aromatic heterocycles. The summed E-state index contributed by atoms with van der Waals surface area (Å²) >= 11 is 0. The summed E-state index contributed by atoms with van der Waals surface area (Å²) in [5, 5.41) is 5.74.